The van der Waals surface area contributed by atoms with Gasteiger partial charge in [-0.3, -0.25) is 19.2 Å². The molecule has 0 aliphatic heterocycles. The largest absolute Gasteiger partial charge is 0.463 e. The third-order valence-electron chi connectivity index (χ3n) is 7.86. The van der Waals surface area contributed by atoms with Crippen LogP contribution in [0.15, 0.2) is 23.3 Å². The molecule has 4 rings (SSSR count). The highest BCUT2D eigenvalue weighted by Crippen LogP contribution is 2.63. The normalized spacial score (nSPS) is 42.0. The van der Waals surface area contributed by atoms with Gasteiger partial charge in [-0.2, -0.15) is 0 Å². The lowest BCUT2D eigenvalue weighted by Gasteiger charge is -2.55. The first-order valence-electron chi connectivity index (χ1n) is 10.2. The number of fused-ring (bicyclic) bond motifs is 5. The number of carbonyl (C=O) groups excluding carboxylic acids is 4. The number of allylic oxidation sites excluding steroid dienone is 4. The molecule has 4 aliphatic rings. The Hall–Kier alpha value is -2.04. The first-order chi connectivity index (χ1) is 13.1. The van der Waals surface area contributed by atoms with E-state index in [-0.39, 0.29) is 47.2 Å². The summed E-state index contributed by atoms with van der Waals surface area (Å²) in [6.45, 7) is 7.01. The van der Waals surface area contributed by atoms with E-state index in [0.717, 1.165) is 11.1 Å². The molecule has 2 saturated carbocycles. The van der Waals surface area contributed by atoms with Crippen molar-refractivity contribution >= 4 is 23.3 Å². The molecule has 0 amide bonds. The van der Waals surface area contributed by atoms with Crippen LogP contribution in [-0.4, -0.2) is 29.4 Å². The summed E-state index contributed by atoms with van der Waals surface area (Å²) in [5, 5.41) is 0. The molecule has 0 radical (unpaired) electrons. The van der Waals surface area contributed by atoms with Crippen molar-refractivity contribution in [3.63, 3.8) is 0 Å². The van der Waals surface area contributed by atoms with Gasteiger partial charge in [-0.05, 0) is 55.6 Å². The van der Waals surface area contributed by atoms with E-state index in [1.165, 1.54) is 6.92 Å². The number of ketones is 3. The Labute approximate surface area is 165 Å². The van der Waals surface area contributed by atoms with E-state index in [9.17, 15) is 19.2 Å². The molecule has 5 heteroatoms. The number of rotatable bonds is 2. The molecule has 0 N–H and O–H groups in total. The van der Waals surface area contributed by atoms with E-state index in [1.807, 2.05) is 13.0 Å². The summed E-state index contributed by atoms with van der Waals surface area (Å²) < 4.78 is 5.38. The van der Waals surface area contributed by atoms with E-state index in [1.54, 1.807) is 13.0 Å². The van der Waals surface area contributed by atoms with Gasteiger partial charge in [-0.25, -0.2) is 0 Å². The highest BCUT2D eigenvalue weighted by molar-refractivity contribution is 6.02. The van der Waals surface area contributed by atoms with Crippen molar-refractivity contribution < 1.29 is 23.9 Å². The van der Waals surface area contributed by atoms with Crippen LogP contribution in [0.5, 0.6) is 0 Å². The molecule has 150 valence electrons. The van der Waals surface area contributed by atoms with Crippen LogP contribution in [0.1, 0.15) is 59.8 Å². The lowest BCUT2D eigenvalue weighted by Crippen LogP contribution is -2.56. The van der Waals surface area contributed by atoms with Gasteiger partial charge < -0.3 is 4.74 Å². The highest BCUT2D eigenvalue weighted by Gasteiger charge is 2.61. The van der Waals surface area contributed by atoms with Crippen LogP contribution in [0, 0.1) is 28.6 Å². The molecule has 6 atom stereocenters. The second-order valence-electron chi connectivity index (χ2n) is 9.57. The Bertz CT molecular complexity index is 849. The van der Waals surface area contributed by atoms with Crippen LogP contribution in [0.4, 0.5) is 0 Å². The minimum Gasteiger partial charge on any atom is -0.463 e. The van der Waals surface area contributed by atoms with E-state index >= 15 is 0 Å². The quantitative estimate of drug-likeness (QED) is 0.682. The summed E-state index contributed by atoms with van der Waals surface area (Å²) in [6, 6.07) is 0. The Morgan fingerprint density at radius 2 is 1.86 bits per heavy atom. The van der Waals surface area contributed by atoms with E-state index in [2.05, 4.69) is 6.92 Å². The molecule has 0 aromatic carbocycles. The summed E-state index contributed by atoms with van der Waals surface area (Å²) in [5.41, 5.74) is 0.739. The van der Waals surface area contributed by atoms with Crippen molar-refractivity contribution in [2.75, 3.05) is 0 Å². The fourth-order valence-corrected chi connectivity index (χ4v) is 6.66. The molecule has 0 heterocycles. The van der Waals surface area contributed by atoms with Crippen LogP contribution in [-0.2, 0) is 23.9 Å². The molecule has 5 nitrogen and oxygen atoms in total. The zero-order chi connectivity index (χ0) is 20.4. The summed E-state index contributed by atoms with van der Waals surface area (Å²) in [7, 11) is 0. The van der Waals surface area contributed by atoms with Crippen LogP contribution in [0.25, 0.3) is 0 Å². The first-order valence-corrected chi connectivity index (χ1v) is 10.2. The molecule has 0 spiro atoms. The Morgan fingerprint density at radius 3 is 2.50 bits per heavy atom. The maximum absolute atomic E-state index is 13.4. The molecule has 0 aromatic heterocycles. The minimum absolute atomic E-state index is 0.0185. The summed E-state index contributed by atoms with van der Waals surface area (Å²) in [5.74, 6) is -0.650. The molecular formula is C23H28O5. The number of esters is 1. The monoisotopic (exact) mass is 384 g/mol. The highest BCUT2D eigenvalue weighted by atomic mass is 16.5. The summed E-state index contributed by atoms with van der Waals surface area (Å²) in [4.78, 5) is 50.0. The molecule has 0 unspecified atom stereocenters. The van der Waals surface area contributed by atoms with E-state index in [4.69, 9.17) is 4.74 Å². The average molecular weight is 384 g/mol. The lowest BCUT2D eigenvalue weighted by molar-refractivity contribution is -0.157. The number of Topliss-reactive ketones (excluding diaryl/α,β-unsaturated/α-hetero) is 2. The Balaban J connectivity index is 1.72. The Kier molecular flexibility index (Phi) is 4.29. The summed E-state index contributed by atoms with van der Waals surface area (Å²) in [6.07, 6.45) is 6.34. The van der Waals surface area contributed by atoms with Gasteiger partial charge in [0.15, 0.2) is 11.6 Å². The number of carbonyl (C=O) groups is 4. The number of ether oxygens (including phenoxy) is 1. The predicted octanol–water partition coefficient (Wildman–Crippen LogP) is 3.36. The summed E-state index contributed by atoms with van der Waals surface area (Å²) >= 11 is 0. The lowest BCUT2D eigenvalue weighted by atomic mass is 9.47. The fourth-order valence-electron chi connectivity index (χ4n) is 6.66. The fraction of sp³-hybridized carbons (Fsp3) is 0.652. The van der Waals surface area contributed by atoms with Crippen molar-refractivity contribution in [2.24, 2.45) is 28.6 Å². The topological polar surface area (TPSA) is 77.5 Å². The van der Waals surface area contributed by atoms with Gasteiger partial charge in [0, 0.05) is 30.6 Å². The van der Waals surface area contributed by atoms with Crippen molar-refractivity contribution in [3.8, 4) is 0 Å². The third kappa shape index (κ3) is 2.58. The maximum Gasteiger partial charge on any atom is 0.302 e. The smallest absolute Gasteiger partial charge is 0.302 e. The zero-order valence-electron chi connectivity index (χ0n) is 17.0. The van der Waals surface area contributed by atoms with Gasteiger partial charge in [-0.15, -0.1) is 0 Å². The van der Waals surface area contributed by atoms with Gasteiger partial charge in [0.2, 0.25) is 0 Å². The third-order valence-corrected chi connectivity index (χ3v) is 7.86. The van der Waals surface area contributed by atoms with Crippen LogP contribution < -0.4 is 0 Å². The standard InChI is InChI=1S/C23H28O5/c1-12(24)16-5-6-17-15-10-19(26)18-9-14(28-13(2)25)7-8-22(18,3)21(15)20(27)11-23(16,17)4/h5,10,14,17-18,21H,6-9,11H2,1-4H3/t14-,17+,18-,21-,22-,23-/m1/s1. The molecular weight excluding hydrogens is 356 g/mol. The van der Waals surface area contributed by atoms with Gasteiger partial charge in [0.05, 0.1) is 0 Å². The second kappa shape index (κ2) is 6.23. The Morgan fingerprint density at radius 1 is 1.14 bits per heavy atom. The van der Waals surface area contributed by atoms with Crippen molar-refractivity contribution in [2.45, 2.75) is 65.9 Å². The van der Waals surface area contributed by atoms with Crippen molar-refractivity contribution in [1.29, 1.82) is 0 Å². The molecule has 4 aliphatic carbocycles. The average Bonchev–Trinajstić information content (AvgIpc) is 2.92. The molecule has 0 saturated heterocycles. The van der Waals surface area contributed by atoms with E-state index in [0.29, 0.717) is 32.1 Å². The van der Waals surface area contributed by atoms with Crippen molar-refractivity contribution in [3.05, 3.63) is 23.3 Å². The molecule has 0 aromatic rings. The number of hydrogen-bond donors (Lipinski definition) is 0. The van der Waals surface area contributed by atoms with Crippen molar-refractivity contribution in [1.82, 2.24) is 0 Å². The minimum atomic E-state index is -0.496. The second-order valence-corrected chi connectivity index (χ2v) is 9.57. The van der Waals surface area contributed by atoms with E-state index < -0.39 is 10.8 Å². The molecule has 0 bridgehead atoms. The first kappa shape index (κ1) is 19.3. The predicted molar refractivity (Wildman–Crippen MR) is 102 cm³/mol. The van der Waals surface area contributed by atoms with Crippen LogP contribution in [0.3, 0.4) is 0 Å². The molecule has 28 heavy (non-hydrogen) atoms. The zero-order valence-corrected chi connectivity index (χ0v) is 17.0. The SMILES string of the molecule is CC(=O)O[C@@H]1CC[C@@]2(C)[C@H]3C(=O)C[C@]4(C)C(C(C)=O)=CC[C@H]4C3=CC(=O)[C@H]2C1. The van der Waals surface area contributed by atoms with Gasteiger partial charge in [0.25, 0.3) is 0 Å². The van der Waals surface area contributed by atoms with Crippen LogP contribution in [0.2, 0.25) is 0 Å². The maximum atomic E-state index is 13.4. The number of hydrogen-bond acceptors (Lipinski definition) is 5. The van der Waals surface area contributed by atoms with Gasteiger partial charge >= 0.3 is 5.97 Å². The van der Waals surface area contributed by atoms with Gasteiger partial charge in [-0.1, -0.05) is 25.5 Å². The van der Waals surface area contributed by atoms with Gasteiger partial charge in [0.1, 0.15) is 11.9 Å². The molecule has 2 fully saturated rings. The van der Waals surface area contributed by atoms with Crippen LogP contribution >= 0.6 is 0 Å².